The number of guanidine groups is 1. The number of nitrogens with one attached hydrogen (secondary N) is 1. The highest BCUT2D eigenvalue weighted by Crippen LogP contribution is 2.23. The molecule has 0 atom stereocenters. The molecule has 68 valence electrons. The van der Waals surface area contributed by atoms with Crippen LogP contribution in [-0.4, -0.2) is 43.1 Å². The van der Waals surface area contributed by atoms with E-state index >= 15 is 0 Å². The van der Waals surface area contributed by atoms with Crippen LogP contribution in [0.4, 0.5) is 0 Å². The van der Waals surface area contributed by atoms with Crippen molar-refractivity contribution in [2.45, 2.75) is 18.9 Å². The molecule has 1 saturated heterocycles. The zero-order chi connectivity index (χ0) is 8.39. The highest BCUT2D eigenvalue weighted by Gasteiger charge is 2.22. The molecule has 0 bridgehead atoms. The van der Waals surface area contributed by atoms with E-state index in [2.05, 4.69) is 15.2 Å². The highest BCUT2D eigenvalue weighted by molar-refractivity contribution is 5.78. The molecule has 0 radical (unpaired) electrons. The number of piperazine rings is 1. The molecular weight excluding hydrogens is 152 g/mol. The van der Waals surface area contributed by atoms with Gasteiger partial charge in [-0.25, -0.2) is 4.99 Å². The molecular formula is C8H16N4. The molecule has 1 aliphatic carbocycles. The molecule has 2 fully saturated rings. The summed E-state index contributed by atoms with van der Waals surface area (Å²) >= 11 is 0. The first-order valence-corrected chi connectivity index (χ1v) is 4.65. The first kappa shape index (κ1) is 7.86. The number of rotatable bonds is 1. The van der Waals surface area contributed by atoms with Crippen molar-refractivity contribution in [1.29, 1.82) is 0 Å². The van der Waals surface area contributed by atoms with E-state index in [0.29, 0.717) is 6.04 Å². The van der Waals surface area contributed by atoms with Crippen molar-refractivity contribution < 1.29 is 0 Å². The van der Waals surface area contributed by atoms with Crippen LogP contribution in [0.3, 0.4) is 0 Å². The normalized spacial score (nSPS) is 26.0. The van der Waals surface area contributed by atoms with Gasteiger partial charge in [-0.05, 0) is 12.8 Å². The Morgan fingerprint density at radius 1 is 1.33 bits per heavy atom. The van der Waals surface area contributed by atoms with E-state index in [1.165, 1.54) is 12.8 Å². The molecule has 2 aliphatic rings. The molecule has 0 spiro atoms. The van der Waals surface area contributed by atoms with E-state index < -0.39 is 0 Å². The second-order valence-electron chi connectivity index (χ2n) is 3.46. The molecule has 1 saturated carbocycles. The van der Waals surface area contributed by atoms with Gasteiger partial charge in [0, 0.05) is 26.2 Å². The summed E-state index contributed by atoms with van der Waals surface area (Å²) in [5.74, 6) is 0.749. The maximum Gasteiger partial charge on any atom is 0.191 e. The quantitative estimate of drug-likeness (QED) is 0.405. The van der Waals surface area contributed by atoms with Crippen LogP contribution < -0.4 is 11.1 Å². The summed E-state index contributed by atoms with van der Waals surface area (Å²) in [6.07, 6.45) is 2.46. The van der Waals surface area contributed by atoms with E-state index in [-0.39, 0.29) is 0 Å². The molecule has 2 rings (SSSR count). The van der Waals surface area contributed by atoms with Crippen molar-refractivity contribution in [3.05, 3.63) is 0 Å². The van der Waals surface area contributed by atoms with Gasteiger partial charge in [0.05, 0.1) is 6.04 Å². The Labute approximate surface area is 72.8 Å². The van der Waals surface area contributed by atoms with Gasteiger partial charge in [-0.1, -0.05) is 0 Å². The Kier molecular flexibility index (Phi) is 2.17. The number of hydrogen-bond donors (Lipinski definition) is 2. The zero-order valence-electron chi connectivity index (χ0n) is 7.29. The molecule has 1 heterocycles. The fraction of sp³-hybridized carbons (Fsp3) is 0.875. The van der Waals surface area contributed by atoms with Gasteiger partial charge in [0.15, 0.2) is 5.96 Å². The predicted molar refractivity (Wildman–Crippen MR) is 49.1 cm³/mol. The van der Waals surface area contributed by atoms with Crippen LogP contribution in [-0.2, 0) is 0 Å². The van der Waals surface area contributed by atoms with Gasteiger partial charge in [-0.15, -0.1) is 0 Å². The molecule has 0 aromatic heterocycles. The molecule has 0 amide bonds. The van der Waals surface area contributed by atoms with Crippen molar-refractivity contribution in [2.24, 2.45) is 10.7 Å². The van der Waals surface area contributed by atoms with Crippen LogP contribution in [0, 0.1) is 0 Å². The summed E-state index contributed by atoms with van der Waals surface area (Å²) in [4.78, 5) is 6.57. The summed E-state index contributed by atoms with van der Waals surface area (Å²) in [5, 5.41) is 3.29. The fourth-order valence-electron chi connectivity index (χ4n) is 1.37. The smallest absolute Gasteiger partial charge is 0.191 e. The lowest BCUT2D eigenvalue weighted by Gasteiger charge is -2.28. The lowest BCUT2D eigenvalue weighted by molar-refractivity contribution is 0.353. The summed E-state index contributed by atoms with van der Waals surface area (Å²) in [6.45, 7) is 4.06. The van der Waals surface area contributed by atoms with Crippen molar-refractivity contribution in [1.82, 2.24) is 10.2 Å². The van der Waals surface area contributed by atoms with Gasteiger partial charge >= 0.3 is 0 Å². The highest BCUT2D eigenvalue weighted by atomic mass is 15.3. The van der Waals surface area contributed by atoms with E-state index in [0.717, 1.165) is 32.1 Å². The summed E-state index contributed by atoms with van der Waals surface area (Å²) in [7, 11) is 0. The molecule has 0 aromatic rings. The van der Waals surface area contributed by atoms with Crippen LogP contribution in [0.5, 0.6) is 0 Å². The molecule has 4 heteroatoms. The van der Waals surface area contributed by atoms with Gasteiger partial charge in [0.1, 0.15) is 0 Å². The zero-order valence-corrected chi connectivity index (χ0v) is 7.29. The molecule has 0 aromatic carbocycles. The van der Waals surface area contributed by atoms with Gasteiger partial charge < -0.3 is 16.0 Å². The molecule has 1 aliphatic heterocycles. The van der Waals surface area contributed by atoms with Crippen molar-refractivity contribution in [3.63, 3.8) is 0 Å². The number of hydrogen-bond acceptors (Lipinski definition) is 2. The molecule has 0 unspecified atom stereocenters. The van der Waals surface area contributed by atoms with Gasteiger partial charge in [0.2, 0.25) is 0 Å². The van der Waals surface area contributed by atoms with E-state index in [1.807, 2.05) is 0 Å². The number of nitrogens with two attached hydrogens (primary N) is 1. The second kappa shape index (κ2) is 3.31. The minimum atomic E-state index is 0.542. The summed E-state index contributed by atoms with van der Waals surface area (Å²) in [6, 6.07) is 0.542. The maximum absolute atomic E-state index is 5.84. The van der Waals surface area contributed by atoms with Crippen molar-refractivity contribution >= 4 is 5.96 Å². The third kappa shape index (κ3) is 1.88. The van der Waals surface area contributed by atoms with Crippen molar-refractivity contribution in [3.8, 4) is 0 Å². The van der Waals surface area contributed by atoms with Crippen LogP contribution >= 0.6 is 0 Å². The van der Waals surface area contributed by atoms with Crippen LogP contribution in [0.2, 0.25) is 0 Å². The molecule has 3 N–H and O–H groups in total. The lowest BCUT2D eigenvalue weighted by Crippen LogP contribution is -2.49. The third-order valence-corrected chi connectivity index (χ3v) is 2.30. The monoisotopic (exact) mass is 168 g/mol. The van der Waals surface area contributed by atoms with Gasteiger partial charge in [-0.2, -0.15) is 0 Å². The average Bonchev–Trinajstić information content (AvgIpc) is 2.90. The van der Waals surface area contributed by atoms with Crippen LogP contribution in [0.25, 0.3) is 0 Å². The minimum absolute atomic E-state index is 0.542. The SMILES string of the molecule is NC(=NC1CC1)N1CCNCC1. The first-order chi connectivity index (χ1) is 5.86. The Balaban J connectivity index is 1.87. The molecule has 12 heavy (non-hydrogen) atoms. The van der Waals surface area contributed by atoms with E-state index in [4.69, 9.17) is 5.73 Å². The lowest BCUT2D eigenvalue weighted by atomic mass is 10.4. The Morgan fingerprint density at radius 3 is 2.58 bits per heavy atom. The molecule has 4 nitrogen and oxygen atoms in total. The van der Waals surface area contributed by atoms with Crippen LogP contribution in [0.15, 0.2) is 4.99 Å². The Hall–Kier alpha value is -0.770. The fourth-order valence-corrected chi connectivity index (χ4v) is 1.37. The summed E-state index contributed by atoms with van der Waals surface area (Å²) in [5.41, 5.74) is 5.84. The third-order valence-electron chi connectivity index (χ3n) is 2.30. The van der Waals surface area contributed by atoms with Gasteiger partial charge in [-0.3, -0.25) is 0 Å². The summed E-state index contributed by atoms with van der Waals surface area (Å²) < 4.78 is 0. The largest absolute Gasteiger partial charge is 0.370 e. The van der Waals surface area contributed by atoms with Crippen LogP contribution in [0.1, 0.15) is 12.8 Å². The van der Waals surface area contributed by atoms with Crippen molar-refractivity contribution in [2.75, 3.05) is 26.2 Å². The standard InChI is InChI=1S/C8H16N4/c9-8(11-7-1-2-7)12-5-3-10-4-6-12/h7,10H,1-6H2,(H2,9,11). The average molecular weight is 168 g/mol. The van der Waals surface area contributed by atoms with E-state index in [9.17, 15) is 0 Å². The predicted octanol–water partition coefficient (Wildman–Crippen LogP) is -0.631. The maximum atomic E-state index is 5.84. The Bertz CT molecular complexity index is 179. The first-order valence-electron chi connectivity index (χ1n) is 4.65. The minimum Gasteiger partial charge on any atom is -0.370 e. The topological polar surface area (TPSA) is 53.6 Å². The second-order valence-corrected chi connectivity index (χ2v) is 3.46. The Morgan fingerprint density at radius 2 is 2.00 bits per heavy atom. The van der Waals surface area contributed by atoms with Gasteiger partial charge in [0.25, 0.3) is 0 Å². The number of aliphatic imine (C=N–C) groups is 1. The van der Waals surface area contributed by atoms with E-state index in [1.54, 1.807) is 0 Å². The number of nitrogens with zero attached hydrogens (tertiary/aromatic N) is 2.